The maximum absolute atomic E-state index is 11.8. The summed E-state index contributed by atoms with van der Waals surface area (Å²) in [5.41, 5.74) is -0.423. The number of halogens is 2. The average Bonchev–Trinajstić information content (AvgIpc) is 2.53. The first-order valence-corrected chi connectivity index (χ1v) is 8.52. The van der Waals surface area contributed by atoms with Crippen LogP contribution in [-0.4, -0.2) is 21.6 Å². The fourth-order valence-electron chi connectivity index (χ4n) is 2.00. The molecule has 8 nitrogen and oxygen atoms in total. The van der Waals surface area contributed by atoms with E-state index in [1.165, 1.54) is 30.5 Å². The van der Waals surface area contributed by atoms with Crippen LogP contribution in [-0.2, 0) is 11.3 Å². The number of hydrogen-bond donors (Lipinski definition) is 1. The third-order valence-electron chi connectivity index (χ3n) is 3.12. The van der Waals surface area contributed by atoms with Crippen LogP contribution in [0.1, 0.15) is 26.3 Å². The smallest absolute Gasteiger partial charge is 0.412 e. The van der Waals surface area contributed by atoms with Crippen LogP contribution in [0, 0.1) is 10.1 Å². The first-order valence-electron chi connectivity index (χ1n) is 7.77. The lowest BCUT2D eigenvalue weighted by Crippen LogP contribution is -2.27. The van der Waals surface area contributed by atoms with Gasteiger partial charge >= 0.3 is 11.8 Å². The van der Waals surface area contributed by atoms with E-state index in [1.807, 2.05) is 0 Å². The maximum Gasteiger partial charge on any atom is 0.412 e. The van der Waals surface area contributed by atoms with E-state index in [2.05, 4.69) is 10.3 Å². The van der Waals surface area contributed by atoms with Crippen molar-refractivity contribution in [3.63, 3.8) is 0 Å². The van der Waals surface area contributed by atoms with E-state index < -0.39 is 16.6 Å². The molecule has 0 aliphatic heterocycles. The van der Waals surface area contributed by atoms with Crippen molar-refractivity contribution in [1.82, 2.24) is 4.98 Å². The van der Waals surface area contributed by atoms with Crippen LogP contribution in [0.3, 0.4) is 0 Å². The van der Waals surface area contributed by atoms with Crippen molar-refractivity contribution in [3.05, 3.63) is 56.3 Å². The zero-order valence-electron chi connectivity index (χ0n) is 14.8. The van der Waals surface area contributed by atoms with Crippen LogP contribution in [0.2, 0.25) is 10.2 Å². The summed E-state index contributed by atoms with van der Waals surface area (Å²) in [5.74, 6) is -0.00859. The summed E-state index contributed by atoms with van der Waals surface area (Å²) in [6.45, 7) is 5.02. The topological polar surface area (TPSA) is 104 Å². The molecule has 144 valence electrons. The third kappa shape index (κ3) is 5.97. The van der Waals surface area contributed by atoms with Gasteiger partial charge in [-0.2, -0.15) is 0 Å². The summed E-state index contributed by atoms with van der Waals surface area (Å²) in [6, 6.07) is 5.53. The highest BCUT2D eigenvalue weighted by molar-refractivity contribution is 6.35. The van der Waals surface area contributed by atoms with Crippen molar-refractivity contribution in [1.29, 1.82) is 0 Å². The number of nitro benzene ring substituents is 1. The van der Waals surface area contributed by atoms with Crippen LogP contribution in [0.15, 0.2) is 30.5 Å². The Labute approximate surface area is 165 Å². The minimum absolute atomic E-state index is 0.00859. The highest BCUT2D eigenvalue weighted by atomic mass is 35.5. The standard InChI is InChI=1S/C17H17Cl2N3O5/c1-17(2,3)27-16(23)21-10-4-5-14(13(8-10)22(24)25)26-9-11-12(18)6-7-20-15(11)19/h4-8H,9H2,1-3H3,(H,21,23). The molecule has 0 saturated heterocycles. The molecule has 0 fully saturated rings. The Kier molecular flexibility index (Phi) is 6.45. The van der Waals surface area contributed by atoms with Gasteiger partial charge in [-0.15, -0.1) is 0 Å². The highest BCUT2D eigenvalue weighted by Gasteiger charge is 2.20. The van der Waals surface area contributed by atoms with E-state index in [-0.39, 0.29) is 28.9 Å². The summed E-state index contributed by atoms with van der Waals surface area (Å²) in [5, 5.41) is 14.3. The SMILES string of the molecule is CC(C)(C)OC(=O)Nc1ccc(OCc2c(Cl)ccnc2Cl)c([N+](=O)[O-])c1. The third-order valence-corrected chi connectivity index (χ3v) is 3.80. The molecule has 0 atom stereocenters. The van der Waals surface area contributed by atoms with Gasteiger partial charge < -0.3 is 9.47 Å². The molecule has 0 saturated carbocycles. The number of carbonyl (C=O) groups is 1. The minimum atomic E-state index is -0.723. The summed E-state index contributed by atoms with van der Waals surface area (Å²) in [7, 11) is 0. The number of carbonyl (C=O) groups excluding carboxylic acids is 1. The van der Waals surface area contributed by atoms with Crippen molar-refractivity contribution >= 4 is 40.7 Å². The molecule has 1 amide bonds. The summed E-state index contributed by atoms with van der Waals surface area (Å²) < 4.78 is 10.6. The highest BCUT2D eigenvalue weighted by Crippen LogP contribution is 2.32. The number of aromatic nitrogens is 1. The Hall–Kier alpha value is -2.58. The molecular formula is C17H17Cl2N3O5. The van der Waals surface area contributed by atoms with Crippen LogP contribution in [0.5, 0.6) is 5.75 Å². The lowest BCUT2D eigenvalue weighted by molar-refractivity contribution is -0.385. The molecule has 27 heavy (non-hydrogen) atoms. The van der Waals surface area contributed by atoms with E-state index >= 15 is 0 Å². The van der Waals surface area contributed by atoms with E-state index in [9.17, 15) is 14.9 Å². The largest absolute Gasteiger partial charge is 0.482 e. The van der Waals surface area contributed by atoms with E-state index in [0.717, 1.165) is 0 Å². The first kappa shape index (κ1) is 20.7. The number of amides is 1. The van der Waals surface area contributed by atoms with Gasteiger partial charge in [0.2, 0.25) is 0 Å². The van der Waals surface area contributed by atoms with Gasteiger partial charge in [0.25, 0.3) is 0 Å². The Bertz CT molecular complexity index is 848. The second-order valence-electron chi connectivity index (χ2n) is 6.42. The predicted octanol–water partition coefficient (Wildman–Crippen LogP) is 5.22. The zero-order valence-corrected chi connectivity index (χ0v) is 16.3. The summed E-state index contributed by atoms with van der Waals surface area (Å²) >= 11 is 12.0. The van der Waals surface area contributed by atoms with Gasteiger partial charge in [-0.25, -0.2) is 9.78 Å². The number of nitro groups is 1. The van der Waals surface area contributed by atoms with E-state index in [4.69, 9.17) is 32.7 Å². The van der Waals surface area contributed by atoms with E-state index in [0.29, 0.717) is 10.6 Å². The molecular weight excluding hydrogens is 397 g/mol. The van der Waals surface area contributed by atoms with Gasteiger partial charge in [0.05, 0.1) is 15.6 Å². The van der Waals surface area contributed by atoms with Crippen molar-refractivity contribution in [2.75, 3.05) is 5.32 Å². The van der Waals surface area contributed by atoms with Gasteiger partial charge in [-0.1, -0.05) is 23.2 Å². The number of nitrogens with one attached hydrogen (secondary N) is 1. The fourth-order valence-corrected chi connectivity index (χ4v) is 2.47. The Morgan fingerprint density at radius 2 is 2.00 bits per heavy atom. The number of anilines is 1. The van der Waals surface area contributed by atoms with Gasteiger partial charge in [-0.3, -0.25) is 15.4 Å². The Balaban J connectivity index is 2.18. The van der Waals surface area contributed by atoms with Gasteiger partial charge in [-0.05, 0) is 39.0 Å². The summed E-state index contributed by atoms with van der Waals surface area (Å²) in [6.07, 6.45) is 0.715. The second kappa shape index (κ2) is 8.41. The van der Waals surface area contributed by atoms with Gasteiger partial charge in [0.15, 0.2) is 5.75 Å². The molecule has 2 aromatic rings. The van der Waals surface area contributed by atoms with Crippen LogP contribution in [0.4, 0.5) is 16.2 Å². The second-order valence-corrected chi connectivity index (χ2v) is 7.18. The maximum atomic E-state index is 11.8. The van der Waals surface area contributed by atoms with E-state index in [1.54, 1.807) is 20.8 Å². The molecule has 0 bridgehead atoms. The molecule has 1 heterocycles. The average molecular weight is 414 g/mol. The predicted molar refractivity (Wildman–Crippen MR) is 102 cm³/mol. The van der Waals surface area contributed by atoms with Gasteiger partial charge in [0.1, 0.15) is 17.4 Å². The number of pyridine rings is 1. The molecule has 2 rings (SSSR count). The molecule has 0 spiro atoms. The van der Waals surface area contributed by atoms with Crippen molar-refractivity contribution in [2.24, 2.45) is 0 Å². The molecule has 0 radical (unpaired) electrons. The number of benzene rings is 1. The normalized spacial score (nSPS) is 11.0. The molecule has 1 aromatic heterocycles. The number of nitrogens with zero attached hydrogens (tertiary/aromatic N) is 2. The van der Waals surface area contributed by atoms with Crippen molar-refractivity contribution < 1.29 is 19.2 Å². The molecule has 0 aliphatic carbocycles. The van der Waals surface area contributed by atoms with Crippen LogP contribution >= 0.6 is 23.2 Å². The molecule has 0 aliphatic rings. The lowest BCUT2D eigenvalue weighted by atomic mass is 10.2. The van der Waals surface area contributed by atoms with Crippen molar-refractivity contribution in [2.45, 2.75) is 33.0 Å². The minimum Gasteiger partial charge on any atom is -0.482 e. The number of hydrogen-bond acceptors (Lipinski definition) is 6. The lowest BCUT2D eigenvalue weighted by Gasteiger charge is -2.19. The molecule has 1 N–H and O–H groups in total. The molecule has 1 aromatic carbocycles. The number of rotatable bonds is 5. The molecule has 0 unspecified atom stereocenters. The quantitative estimate of drug-likeness (QED) is 0.409. The zero-order chi connectivity index (χ0) is 20.2. The monoisotopic (exact) mass is 413 g/mol. The number of ether oxygens (including phenoxy) is 2. The Morgan fingerprint density at radius 1 is 1.30 bits per heavy atom. The first-order chi connectivity index (χ1) is 12.6. The van der Waals surface area contributed by atoms with Crippen molar-refractivity contribution in [3.8, 4) is 5.75 Å². The van der Waals surface area contributed by atoms with Crippen LogP contribution in [0.25, 0.3) is 0 Å². The Morgan fingerprint density at radius 3 is 2.59 bits per heavy atom. The molecule has 10 heteroatoms. The summed E-state index contributed by atoms with van der Waals surface area (Å²) in [4.78, 5) is 26.4. The van der Waals surface area contributed by atoms with Gasteiger partial charge in [0, 0.05) is 17.8 Å². The van der Waals surface area contributed by atoms with Crippen LogP contribution < -0.4 is 10.1 Å². The fraction of sp³-hybridized carbons (Fsp3) is 0.294.